The number of aromatic nitrogens is 2. The molecule has 0 fully saturated rings. The lowest BCUT2D eigenvalue weighted by Crippen LogP contribution is -2.01. The second kappa shape index (κ2) is 9.87. The number of ether oxygens (including phenoxy) is 1. The van der Waals surface area contributed by atoms with Gasteiger partial charge in [0.1, 0.15) is 5.15 Å². The summed E-state index contributed by atoms with van der Waals surface area (Å²) >= 11 is 13.2. The molecule has 5 nitrogen and oxygen atoms in total. The molecule has 0 radical (unpaired) electrons. The van der Waals surface area contributed by atoms with Gasteiger partial charge in [0.05, 0.1) is 29.3 Å². The molecule has 2 aliphatic carbocycles. The van der Waals surface area contributed by atoms with E-state index in [1.807, 2.05) is 84.9 Å². The Kier molecular flexibility index (Phi) is 6.27. The number of nitrogens with zero attached hydrogens (tertiary/aromatic N) is 2. The summed E-state index contributed by atoms with van der Waals surface area (Å²) in [4.78, 5) is 34.0. The number of methoxy groups -OCH3 is 1. The van der Waals surface area contributed by atoms with Crippen molar-refractivity contribution in [1.29, 1.82) is 0 Å². The van der Waals surface area contributed by atoms with Crippen molar-refractivity contribution in [3.8, 4) is 28.1 Å². The first-order chi connectivity index (χ1) is 19.9. The summed E-state index contributed by atoms with van der Waals surface area (Å²) in [5.41, 5.74) is 7.77. The highest BCUT2D eigenvalue weighted by molar-refractivity contribution is 9.10. The zero-order chi connectivity index (χ0) is 28.4. The first-order valence-electron chi connectivity index (χ1n) is 12.6. The van der Waals surface area contributed by atoms with E-state index in [9.17, 15) is 9.59 Å². The fourth-order valence-corrected chi connectivity index (χ4v) is 6.60. The first-order valence-corrected chi connectivity index (χ1v) is 14.6. The molecule has 0 saturated heterocycles. The van der Waals surface area contributed by atoms with E-state index in [0.717, 1.165) is 53.0 Å². The van der Waals surface area contributed by atoms with Gasteiger partial charge in [-0.15, -0.1) is 0 Å². The molecule has 41 heavy (non-hydrogen) atoms. The Bertz CT molecular complexity index is 2130. The molecule has 0 amide bonds. The standard InChI is InChI=1S/C17H10BrNO2.C16H7BrClNO/c1-21-17-15-14(10-4-2-3-5-11(10)16(15)20)12-8-9(18)6-7-13(12)19-17;17-8-5-6-12-11(7-8)13-9-3-1-2-4-10(9)15(20)14(13)16(18)19-12/h2-8H,1H3;1-7H. The van der Waals surface area contributed by atoms with Crippen LogP contribution < -0.4 is 4.74 Å². The quantitative estimate of drug-likeness (QED) is 0.161. The molecule has 8 rings (SSSR count). The topological polar surface area (TPSA) is 69.2 Å². The van der Waals surface area contributed by atoms with E-state index in [2.05, 4.69) is 41.8 Å². The Hall–Kier alpha value is -3.91. The largest absolute Gasteiger partial charge is 0.480 e. The smallest absolute Gasteiger partial charge is 0.225 e. The lowest BCUT2D eigenvalue weighted by atomic mass is 10.0. The zero-order valence-corrected chi connectivity index (χ0v) is 25.3. The second-order valence-electron chi connectivity index (χ2n) is 9.60. The zero-order valence-electron chi connectivity index (χ0n) is 21.3. The van der Waals surface area contributed by atoms with E-state index in [1.54, 1.807) is 7.11 Å². The molecule has 0 saturated carbocycles. The molecular weight excluding hydrogens is 668 g/mol. The third-order valence-corrected chi connectivity index (χ3v) is 8.61. The van der Waals surface area contributed by atoms with Gasteiger partial charge in [0, 0.05) is 42.0 Å². The van der Waals surface area contributed by atoms with Gasteiger partial charge >= 0.3 is 0 Å². The number of carbonyl (C=O) groups is 2. The van der Waals surface area contributed by atoms with E-state index in [4.69, 9.17) is 16.3 Å². The predicted octanol–water partition coefficient (Wildman–Crippen LogP) is 9.08. The summed E-state index contributed by atoms with van der Waals surface area (Å²) in [5.74, 6) is 0.322. The van der Waals surface area contributed by atoms with Crippen molar-refractivity contribution < 1.29 is 14.3 Å². The molecule has 4 aromatic carbocycles. The summed E-state index contributed by atoms with van der Waals surface area (Å²) in [6.45, 7) is 0. The normalized spacial score (nSPS) is 12.5. The molecule has 0 bridgehead atoms. The summed E-state index contributed by atoms with van der Waals surface area (Å²) in [6, 6.07) is 26.9. The van der Waals surface area contributed by atoms with Crippen molar-refractivity contribution in [2.24, 2.45) is 0 Å². The number of ketones is 2. The minimum absolute atomic E-state index is 0.0215. The van der Waals surface area contributed by atoms with Gasteiger partial charge in [-0.2, -0.15) is 0 Å². The number of hydrogen-bond acceptors (Lipinski definition) is 5. The fraction of sp³-hybridized carbons (Fsp3) is 0.0303. The van der Waals surface area contributed by atoms with E-state index in [0.29, 0.717) is 28.1 Å². The van der Waals surface area contributed by atoms with Crippen LogP contribution in [0.2, 0.25) is 5.15 Å². The molecular formula is C33H17Br2ClN2O3. The molecule has 8 heteroatoms. The van der Waals surface area contributed by atoms with E-state index in [-0.39, 0.29) is 16.7 Å². The molecule has 0 unspecified atom stereocenters. The maximum atomic E-state index is 12.7. The highest BCUT2D eigenvalue weighted by Gasteiger charge is 2.33. The van der Waals surface area contributed by atoms with Crippen molar-refractivity contribution in [2.45, 2.75) is 0 Å². The molecule has 2 aliphatic rings. The number of fused-ring (bicyclic) bond motifs is 10. The molecule has 198 valence electrons. The average Bonchev–Trinajstić information content (AvgIpc) is 3.46. The highest BCUT2D eigenvalue weighted by atomic mass is 79.9. The van der Waals surface area contributed by atoms with Crippen LogP contribution in [-0.2, 0) is 0 Å². The van der Waals surface area contributed by atoms with Crippen LogP contribution >= 0.6 is 43.5 Å². The monoisotopic (exact) mass is 682 g/mol. The van der Waals surface area contributed by atoms with Crippen molar-refractivity contribution >= 4 is 76.8 Å². The minimum atomic E-state index is -0.0463. The molecule has 2 aromatic heterocycles. The van der Waals surface area contributed by atoms with Crippen LogP contribution in [-0.4, -0.2) is 28.6 Å². The third-order valence-electron chi connectivity index (χ3n) is 7.35. The van der Waals surface area contributed by atoms with Crippen molar-refractivity contribution in [1.82, 2.24) is 9.97 Å². The Morgan fingerprint density at radius 3 is 1.61 bits per heavy atom. The third kappa shape index (κ3) is 4.02. The molecule has 2 heterocycles. The van der Waals surface area contributed by atoms with Crippen LogP contribution in [0.1, 0.15) is 31.8 Å². The van der Waals surface area contributed by atoms with Crippen LogP contribution in [0, 0.1) is 0 Å². The molecule has 0 aliphatic heterocycles. The maximum Gasteiger partial charge on any atom is 0.225 e. The van der Waals surface area contributed by atoms with Crippen LogP contribution in [0.5, 0.6) is 5.88 Å². The van der Waals surface area contributed by atoms with Crippen LogP contribution in [0.15, 0.2) is 93.9 Å². The van der Waals surface area contributed by atoms with E-state index >= 15 is 0 Å². The molecule has 0 atom stereocenters. The van der Waals surface area contributed by atoms with Gasteiger partial charge in [-0.3, -0.25) is 9.59 Å². The summed E-state index contributed by atoms with van der Waals surface area (Å²) in [6.07, 6.45) is 0. The van der Waals surface area contributed by atoms with Crippen LogP contribution in [0.4, 0.5) is 0 Å². The number of carbonyl (C=O) groups excluding carboxylic acids is 2. The van der Waals surface area contributed by atoms with Gasteiger partial charge in [0.15, 0.2) is 11.6 Å². The van der Waals surface area contributed by atoms with Crippen LogP contribution in [0.25, 0.3) is 44.1 Å². The number of benzene rings is 4. The van der Waals surface area contributed by atoms with Crippen LogP contribution in [0.3, 0.4) is 0 Å². The highest BCUT2D eigenvalue weighted by Crippen LogP contribution is 2.45. The van der Waals surface area contributed by atoms with Crippen molar-refractivity contribution in [3.63, 3.8) is 0 Å². The Morgan fingerprint density at radius 2 is 1.07 bits per heavy atom. The fourth-order valence-electron chi connectivity index (χ4n) is 5.61. The number of rotatable bonds is 1. The second-order valence-corrected chi connectivity index (χ2v) is 11.8. The predicted molar refractivity (Wildman–Crippen MR) is 168 cm³/mol. The summed E-state index contributed by atoms with van der Waals surface area (Å²) < 4.78 is 7.26. The lowest BCUT2D eigenvalue weighted by molar-refractivity contribution is 0.103. The number of hydrogen-bond donors (Lipinski definition) is 0. The first kappa shape index (κ1) is 26.0. The van der Waals surface area contributed by atoms with Gasteiger partial charge in [0.2, 0.25) is 5.88 Å². The van der Waals surface area contributed by atoms with Crippen molar-refractivity contribution in [2.75, 3.05) is 7.11 Å². The Morgan fingerprint density at radius 1 is 0.610 bits per heavy atom. The average molecular weight is 685 g/mol. The Labute approximate surface area is 256 Å². The van der Waals surface area contributed by atoms with Gasteiger partial charge in [-0.1, -0.05) is 92.0 Å². The van der Waals surface area contributed by atoms with Gasteiger partial charge < -0.3 is 4.74 Å². The van der Waals surface area contributed by atoms with Gasteiger partial charge in [-0.05, 0) is 47.5 Å². The van der Waals surface area contributed by atoms with Gasteiger partial charge in [-0.25, -0.2) is 9.97 Å². The van der Waals surface area contributed by atoms with Crippen molar-refractivity contribution in [3.05, 3.63) is 121 Å². The molecule has 6 aromatic rings. The minimum Gasteiger partial charge on any atom is -0.480 e. The number of halogens is 3. The van der Waals surface area contributed by atoms with Gasteiger partial charge in [0.25, 0.3) is 0 Å². The van der Waals surface area contributed by atoms with E-state index in [1.165, 1.54) is 0 Å². The molecule has 0 N–H and O–H groups in total. The summed E-state index contributed by atoms with van der Waals surface area (Å²) in [7, 11) is 1.55. The summed E-state index contributed by atoms with van der Waals surface area (Å²) in [5, 5.41) is 2.17. The molecule has 0 spiro atoms. The van der Waals surface area contributed by atoms with E-state index < -0.39 is 0 Å². The maximum absolute atomic E-state index is 12.7. The SMILES string of the molecule is COc1nc2ccc(Br)cc2c2c1C(=O)c1ccccc1-2.O=C1c2ccccc2-c2c1c(Cl)nc1ccc(Br)cc21. The lowest BCUT2D eigenvalue weighted by Gasteiger charge is -2.10. The Balaban J connectivity index is 0.000000135. The number of pyridine rings is 2.